The van der Waals surface area contributed by atoms with E-state index in [1.54, 1.807) is 6.92 Å². The Morgan fingerprint density at radius 1 is 0.778 bits per heavy atom. The molecule has 3 heterocycles. The van der Waals surface area contributed by atoms with Crippen LogP contribution in [0.4, 0.5) is 0 Å². The molecule has 7 N–H and O–H groups in total. The number of rotatable bonds is 0. The first-order valence-corrected chi connectivity index (χ1v) is 14.0. The summed E-state index contributed by atoms with van der Waals surface area (Å²) < 4.78 is 6.52. The first-order chi connectivity index (χ1) is 16.6. The van der Waals surface area contributed by atoms with Crippen molar-refractivity contribution in [1.82, 2.24) is 4.90 Å². The van der Waals surface area contributed by atoms with Crippen LogP contribution in [-0.4, -0.2) is 106 Å². The molecule has 0 aromatic rings. The van der Waals surface area contributed by atoms with Crippen LogP contribution in [0.1, 0.15) is 72.1 Å². The van der Waals surface area contributed by atoms with E-state index < -0.39 is 63.3 Å². The Hall–Kier alpha value is -0.360. The second-order valence-corrected chi connectivity index (χ2v) is 14.3. The average Bonchev–Trinajstić information content (AvgIpc) is 2.97. The van der Waals surface area contributed by atoms with Crippen LogP contribution in [0.3, 0.4) is 0 Å². The van der Waals surface area contributed by atoms with Crippen LogP contribution in [-0.2, 0) is 4.74 Å². The summed E-state index contributed by atoms with van der Waals surface area (Å²) in [6, 6.07) is -0.360. The first kappa shape index (κ1) is 24.7. The van der Waals surface area contributed by atoms with Gasteiger partial charge in [0.25, 0.3) is 0 Å². The normalized spacial score (nSPS) is 68.0. The largest absolute Gasteiger partial charge is 0.390 e. The quantitative estimate of drug-likeness (QED) is 0.228. The second kappa shape index (κ2) is 6.67. The first-order valence-electron chi connectivity index (χ1n) is 14.0. The van der Waals surface area contributed by atoms with Crippen molar-refractivity contribution < 1.29 is 40.5 Å². The lowest BCUT2D eigenvalue weighted by molar-refractivity contribution is -0.354. The Morgan fingerprint density at radius 2 is 1.47 bits per heavy atom. The van der Waals surface area contributed by atoms with Crippen LogP contribution in [0, 0.1) is 29.1 Å². The van der Waals surface area contributed by atoms with Gasteiger partial charge in [0.05, 0.1) is 11.7 Å². The average molecular weight is 510 g/mol. The molecule has 9 nitrogen and oxygen atoms in total. The zero-order chi connectivity index (χ0) is 25.9. The molecular weight excluding hydrogens is 466 g/mol. The van der Waals surface area contributed by atoms with Crippen molar-refractivity contribution in [2.45, 2.75) is 124 Å². The highest BCUT2D eigenvalue weighted by atomic mass is 16.7. The number of hydrogen-bond acceptors (Lipinski definition) is 9. The minimum Gasteiger partial charge on any atom is -0.390 e. The van der Waals surface area contributed by atoms with Gasteiger partial charge in [-0.15, -0.1) is 0 Å². The summed E-state index contributed by atoms with van der Waals surface area (Å²) in [6.07, 6.45) is 0.752. The molecule has 7 aliphatic rings. The number of aliphatic hydroxyl groups is 7. The molecule has 4 bridgehead atoms. The van der Waals surface area contributed by atoms with Crippen LogP contribution >= 0.6 is 0 Å². The molecule has 7 rings (SSSR count). The van der Waals surface area contributed by atoms with Crippen molar-refractivity contribution >= 4 is 0 Å². The highest BCUT2D eigenvalue weighted by Crippen LogP contribution is 2.78. The van der Waals surface area contributed by atoms with Gasteiger partial charge in [-0.2, -0.15) is 0 Å². The number of nitrogens with zero attached hydrogens (tertiary/aromatic N) is 1. The third kappa shape index (κ3) is 2.27. The van der Waals surface area contributed by atoms with Crippen molar-refractivity contribution in [3.8, 4) is 0 Å². The molecule has 3 aliphatic heterocycles. The lowest BCUT2D eigenvalue weighted by atomic mass is 9.49. The molecule has 4 saturated carbocycles. The molecule has 4 aliphatic carbocycles. The molecule has 36 heavy (non-hydrogen) atoms. The summed E-state index contributed by atoms with van der Waals surface area (Å²) in [5.41, 5.74) is -9.07. The maximum atomic E-state index is 12.7. The van der Waals surface area contributed by atoms with E-state index in [4.69, 9.17) is 4.74 Å². The molecule has 7 fully saturated rings. The summed E-state index contributed by atoms with van der Waals surface area (Å²) in [7, 11) is 0. The highest BCUT2D eigenvalue weighted by molar-refractivity contribution is 5.37. The van der Waals surface area contributed by atoms with Gasteiger partial charge in [-0.3, -0.25) is 4.90 Å². The van der Waals surface area contributed by atoms with Gasteiger partial charge in [0.2, 0.25) is 0 Å². The van der Waals surface area contributed by atoms with Gasteiger partial charge in [-0.1, -0.05) is 13.8 Å². The number of fused-ring (bicyclic) bond motifs is 5. The Kier molecular flexibility index (Phi) is 4.57. The Bertz CT molecular complexity index is 995. The lowest BCUT2D eigenvalue weighted by Gasteiger charge is -2.68. The lowest BCUT2D eigenvalue weighted by Crippen LogP contribution is -2.85. The second-order valence-electron chi connectivity index (χ2n) is 14.3. The smallest absolute Gasteiger partial charge is 0.196 e. The molecule has 0 aromatic carbocycles. The highest BCUT2D eigenvalue weighted by Gasteiger charge is 2.88. The van der Waals surface area contributed by atoms with Crippen LogP contribution in [0.15, 0.2) is 0 Å². The topological polar surface area (TPSA) is 154 Å². The maximum absolute atomic E-state index is 12.7. The fraction of sp³-hybridized carbons (Fsp3) is 1.00. The number of aliphatic hydroxyl groups excluding tert-OH is 2. The van der Waals surface area contributed by atoms with Gasteiger partial charge < -0.3 is 40.5 Å². The van der Waals surface area contributed by atoms with E-state index >= 15 is 0 Å². The SMILES string of the molecule is C[C@@H]1CC[C@H]2N(C1)C[C@@H]1[C@@](O)([C@H](O)C[C@]3(O)[C@@H]4CC[C@@H]5[C@]6(O)O[C@@]4(C[C@]13O)[C@@]5(C)CC[C@H]6O)[C@]2(C)O. The summed E-state index contributed by atoms with van der Waals surface area (Å²) >= 11 is 0. The van der Waals surface area contributed by atoms with E-state index in [1.165, 1.54) is 0 Å². The maximum Gasteiger partial charge on any atom is 0.196 e. The minimum atomic E-state index is -2.02. The molecule has 0 radical (unpaired) electrons. The van der Waals surface area contributed by atoms with Gasteiger partial charge in [-0.05, 0) is 51.4 Å². The van der Waals surface area contributed by atoms with Crippen molar-refractivity contribution in [3.05, 3.63) is 0 Å². The third-order valence-electron chi connectivity index (χ3n) is 13.1. The fourth-order valence-corrected chi connectivity index (χ4v) is 11.3. The molecule has 14 atom stereocenters. The summed E-state index contributed by atoms with van der Waals surface area (Å²) in [4.78, 5) is 2.12. The number of piperidine rings is 2. The van der Waals surface area contributed by atoms with Gasteiger partial charge in [0, 0.05) is 55.1 Å². The monoisotopic (exact) mass is 509 g/mol. The molecular formula is C27H43NO8. The molecule has 9 heteroatoms. The fourth-order valence-electron chi connectivity index (χ4n) is 11.3. The van der Waals surface area contributed by atoms with Gasteiger partial charge >= 0.3 is 0 Å². The van der Waals surface area contributed by atoms with Crippen molar-refractivity contribution in [1.29, 1.82) is 0 Å². The van der Waals surface area contributed by atoms with Gasteiger partial charge in [0.15, 0.2) is 5.79 Å². The molecule has 0 aromatic heterocycles. The van der Waals surface area contributed by atoms with Crippen LogP contribution in [0.2, 0.25) is 0 Å². The van der Waals surface area contributed by atoms with E-state index in [9.17, 15) is 35.7 Å². The van der Waals surface area contributed by atoms with E-state index in [0.717, 1.165) is 6.42 Å². The Balaban J connectivity index is 1.39. The summed E-state index contributed by atoms with van der Waals surface area (Å²) in [5, 5.41) is 83.2. The van der Waals surface area contributed by atoms with E-state index in [2.05, 4.69) is 11.8 Å². The van der Waals surface area contributed by atoms with Crippen LogP contribution < -0.4 is 0 Å². The standard InChI is InChI=1S/C27H43NO8/c1-14-4-7-18-22(3,31)26(34)17(12-28(18)11-14)24(33)13-25-16(23(24,32)10-20(26)30)6-5-15-21(25,2)9-8-19(29)27(15,35)36-25/h14-20,29-35H,4-13H2,1-3H3/t14-,15+,16+,17+,18-,19-,20-,21+,22-,23+,24+,25-,26-,27+/m1/s1. The molecule has 0 amide bonds. The Labute approximate surface area is 212 Å². The van der Waals surface area contributed by atoms with Crippen molar-refractivity contribution in [3.63, 3.8) is 0 Å². The molecule has 0 unspecified atom stereocenters. The van der Waals surface area contributed by atoms with Crippen molar-refractivity contribution in [2.24, 2.45) is 29.1 Å². The predicted octanol–water partition coefficient (Wildman–Crippen LogP) is -0.526. The molecule has 204 valence electrons. The molecule has 1 spiro atoms. The zero-order valence-electron chi connectivity index (χ0n) is 21.6. The van der Waals surface area contributed by atoms with Gasteiger partial charge in [-0.25, -0.2) is 0 Å². The minimum absolute atomic E-state index is 0.0208. The Morgan fingerprint density at radius 3 is 2.19 bits per heavy atom. The summed E-state index contributed by atoms with van der Waals surface area (Å²) in [5.74, 6) is -3.30. The van der Waals surface area contributed by atoms with E-state index in [0.29, 0.717) is 44.6 Å². The van der Waals surface area contributed by atoms with Crippen molar-refractivity contribution in [2.75, 3.05) is 13.1 Å². The number of ether oxygens (including phenoxy) is 1. The summed E-state index contributed by atoms with van der Waals surface area (Å²) in [6.45, 7) is 6.70. The zero-order valence-corrected chi connectivity index (χ0v) is 21.6. The van der Waals surface area contributed by atoms with E-state index in [-0.39, 0.29) is 31.3 Å². The third-order valence-corrected chi connectivity index (χ3v) is 13.1. The van der Waals surface area contributed by atoms with Crippen LogP contribution in [0.25, 0.3) is 0 Å². The number of hydrogen-bond donors (Lipinski definition) is 7. The molecule has 3 saturated heterocycles. The van der Waals surface area contributed by atoms with E-state index in [1.807, 2.05) is 6.92 Å². The predicted molar refractivity (Wildman–Crippen MR) is 126 cm³/mol. The van der Waals surface area contributed by atoms with Gasteiger partial charge in [0.1, 0.15) is 28.5 Å². The van der Waals surface area contributed by atoms with Crippen LogP contribution in [0.5, 0.6) is 0 Å².